The summed E-state index contributed by atoms with van der Waals surface area (Å²) in [7, 11) is 0. The Hall–Kier alpha value is -2.62. The van der Waals surface area contributed by atoms with Crippen LogP contribution in [0.1, 0.15) is 0 Å². The molecule has 0 aliphatic heterocycles. The minimum atomic E-state index is -0.265. The van der Waals surface area contributed by atoms with Crippen LogP contribution in [-0.4, -0.2) is 9.55 Å². The molecule has 2 N–H and O–H groups in total. The van der Waals surface area contributed by atoms with E-state index >= 15 is 0 Å². The summed E-state index contributed by atoms with van der Waals surface area (Å²) in [5, 5.41) is 0. The third-order valence-electron chi connectivity index (χ3n) is 2.91. The number of rotatable bonds is 2. The van der Waals surface area contributed by atoms with Crippen molar-refractivity contribution in [3.05, 3.63) is 66.6 Å². The zero-order chi connectivity index (χ0) is 13.2. The van der Waals surface area contributed by atoms with Gasteiger partial charge in [0.25, 0.3) is 0 Å². The van der Waals surface area contributed by atoms with Crippen molar-refractivity contribution in [1.29, 1.82) is 0 Å². The van der Waals surface area contributed by atoms with E-state index in [4.69, 9.17) is 5.73 Å². The topological polar surface area (TPSA) is 43.8 Å². The molecule has 3 rings (SSSR count). The molecule has 3 nitrogen and oxygen atoms in total. The molecule has 0 amide bonds. The first kappa shape index (κ1) is 11.5. The van der Waals surface area contributed by atoms with Crippen LogP contribution in [-0.2, 0) is 0 Å². The van der Waals surface area contributed by atoms with Gasteiger partial charge in [-0.15, -0.1) is 0 Å². The lowest BCUT2D eigenvalue weighted by atomic mass is 10.2. The Labute approximate surface area is 110 Å². The lowest BCUT2D eigenvalue weighted by molar-refractivity contribution is 0.628. The lowest BCUT2D eigenvalue weighted by Crippen LogP contribution is -1.98. The fourth-order valence-electron chi connectivity index (χ4n) is 1.95. The van der Waals surface area contributed by atoms with Gasteiger partial charge in [-0.25, -0.2) is 9.37 Å². The number of hydrogen-bond donors (Lipinski definition) is 1. The van der Waals surface area contributed by atoms with Crippen LogP contribution < -0.4 is 5.73 Å². The van der Waals surface area contributed by atoms with Crippen molar-refractivity contribution < 1.29 is 4.39 Å². The molecule has 94 valence electrons. The standard InChI is InChI=1S/C15H12FN3/c16-12-8-6-11(7-9-12)14-10-19(15(17)18-14)13-4-2-1-3-5-13/h1-10H,(H2,17,18). The molecule has 1 heterocycles. The zero-order valence-corrected chi connectivity index (χ0v) is 10.1. The molecule has 0 bridgehead atoms. The number of hydrogen-bond acceptors (Lipinski definition) is 2. The second kappa shape index (κ2) is 4.57. The van der Waals surface area contributed by atoms with Gasteiger partial charge in [0.05, 0.1) is 5.69 Å². The van der Waals surface area contributed by atoms with E-state index in [2.05, 4.69) is 4.98 Å². The summed E-state index contributed by atoms with van der Waals surface area (Å²) in [6.07, 6.45) is 1.85. The summed E-state index contributed by atoms with van der Waals surface area (Å²) < 4.78 is 14.7. The molecule has 1 aromatic heterocycles. The average molecular weight is 253 g/mol. The van der Waals surface area contributed by atoms with Gasteiger partial charge in [0.1, 0.15) is 5.82 Å². The van der Waals surface area contributed by atoms with E-state index in [9.17, 15) is 4.39 Å². The van der Waals surface area contributed by atoms with Crippen molar-refractivity contribution in [1.82, 2.24) is 9.55 Å². The minimum absolute atomic E-state index is 0.265. The van der Waals surface area contributed by atoms with Crippen LogP contribution in [0.25, 0.3) is 16.9 Å². The average Bonchev–Trinajstić information content (AvgIpc) is 2.83. The lowest BCUT2D eigenvalue weighted by Gasteiger charge is -2.02. The Morgan fingerprint density at radius 2 is 1.63 bits per heavy atom. The van der Waals surface area contributed by atoms with Crippen LogP contribution >= 0.6 is 0 Å². The predicted molar refractivity (Wildman–Crippen MR) is 73.4 cm³/mol. The van der Waals surface area contributed by atoms with Crippen molar-refractivity contribution in [2.24, 2.45) is 0 Å². The van der Waals surface area contributed by atoms with Gasteiger partial charge >= 0.3 is 0 Å². The SMILES string of the molecule is Nc1nc(-c2ccc(F)cc2)cn1-c1ccccc1. The molecule has 2 aromatic carbocycles. The third kappa shape index (κ3) is 2.20. The first-order chi connectivity index (χ1) is 9.24. The predicted octanol–water partition coefficient (Wildman–Crippen LogP) is 3.26. The van der Waals surface area contributed by atoms with Gasteiger partial charge in [-0.2, -0.15) is 0 Å². The summed E-state index contributed by atoms with van der Waals surface area (Å²) >= 11 is 0. The molecular weight excluding hydrogens is 241 g/mol. The number of imidazole rings is 1. The van der Waals surface area contributed by atoms with E-state index in [-0.39, 0.29) is 5.82 Å². The third-order valence-corrected chi connectivity index (χ3v) is 2.91. The summed E-state index contributed by atoms with van der Waals surface area (Å²) in [6, 6.07) is 15.9. The van der Waals surface area contributed by atoms with Gasteiger partial charge in [-0.3, -0.25) is 4.57 Å². The molecule has 0 saturated carbocycles. The molecule has 0 spiro atoms. The van der Waals surface area contributed by atoms with Gasteiger partial charge in [0.15, 0.2) is 0 Å². The smallest absolute Gasteiger partial charge is 0.205 e. The van der Waals surface area contributed by atoms with Crippen LogP contribution in [0.3, 0.4) is 0 Å². The van der Waals surface area contributed by atoms with Crippen molar-refractivity contribution >= 4 is 5.95 Å². The highest BCUT2D eigenvalue weighted by molar-refractivity contribution is 5.61. The Balaban J connectivity index is 2.04. The van der Waals surface area contributed by atoms with E-state index in [0.717, 1.165) is 16.9 Å². The molecule has 0 unspecified atom stereocenters. The number of para-hydroxylation sites is 1. The van der Waals surface area contributed by atoms with Gasteiger partial charge < -0.3 is 5.73 Å². The molecule has 3 aromatic rings. The monoisotopic (exact) mass is 253 g/mol. The molecule has 0 saturated heterocycles. The number of nitrogens with zero attached hydrogens (tertiary/aromatic N) is 2. The first-order valence-corrected chi connectivity index (χ1v) is 5.90. The normalized spacial score (nSPS) is 10.6. The van der Waals surface area contributed by atoms with Crippen LogP contribution in [0, 0.1) is 5.82 Å². The van der Waals surface area contributed by atoms with Gasteiger partial charge in [-0.1, -0.05) is 18.2 Å². The Bertz CT molecular complexity index is 687. The fraction of sp³-hybridized carbons (Fsp3) is 0. The second-order valence-corrected chi connectivity index (χ2v) is 4.20. The molecule has 0 fully saturated rings. The highest BCUT2D eigenvalue weighted by Crippen LogP contribution is 2.22. The van der Waals surface area contributed by atoms with Crippen LogP contribution in [0.2, 0.25) is 0 Å². The zero-order valence-electron chi connectivity index (χ0n) is 10.1. The molecule has 19 heavy (non-hydrogen) atoms. The molecular formula is C15H12FN3. The van der Waals surface area contributed by atoms with E-state index < -0.39 is 0 Å². The van der Waals surface area contributed by atoms with Crippen LogP contribution in [0.4, 0.5) is 10.3 Å². The second-order valence-electron chi connectivity index (χ2n) is 4.20. The fourth-order valence-corrected chi connectivity index (χ4v) is 1.95. The number of anilines is 1. The van der Waals surface area contributed by atoms with E-state index in [0.29, 0.717) is 5.95 Å². The van der Waals surface area contributed by atoms with E-state index in [1.165, 1.54) is 12.1 Å². The maximum absolute atomic E-state index is 12.9. The van der Waals surface area contributed by atoms with Gasteiger partial charge in [0.2, 0.25) is 5.95 Å². The van der Waals surface area contributed by atoms with Crippen molar-refractivity contribution in [2.45, 2.75) is 0 Å². The van der Waals surface area contributed by atoms with Gasteiger partial charge in [-0.05, 0) is 36.4 Å². The summed E-state index contributed by atoms with van der Waals surface area (Å²) in [6.45, 7) is 0. The summed E-state index contributed by atoms with van der Waals surface area (Å²) in [5.74, 6) is 0.143. The van der Waals surface area contributed by atoms with Crippen LogP contribution in [0.15, 0.2) is 60.8 Å². The van der Waals surface area contributed by atoms with E-state index in [1.807, 2.05) is 36.5 Å². The van der Waals surface area contributed by atoms with Crippen molar-refractivity contribution in [3.8, 4) is 16.9 Å². The minimum Gasteiger partial charge on any atom is -0.369 e. The molecule has 0 aliphatic rings. The quantitative estimate of drug-likeness (QED) is 0.761. The Morgan fingerprint density at radius 1 is 0.947 bits per heavy atom. The molecule has 4 heteroatoms. The Kier molecular flexibility index (Phi) is 2.76. The number of aromatic nitrogens is 2. The molecule has 0 atom stereocenters. The maximum Gasteiger partial charge on any atom is 0.205 e. The van der Waals surface area contributed by atoms with Crippen molar-refractivity contribution in [3.63, 3.8) is 0 Å². The highest BCUT2D eigenvalue weighted by atomic mass is 19.1. The summed E-state index contributed by atoms with van der Waals surface area (Å²) in [4.78, 5) is 4.31. The molecule has 0 aliphatic carbocycles. The van der Waals surface area contributed by atoms with Crippen LogP contribution in [0.5, 0.6) is 0 Å². The number of nitrogen functional groups attached to an aromatic ring is 1. The Morgan fingerprint density at radius 3 is 2.32 bits per heavy atom. The first-order valence-electron chi connectivity index (χ1n) is 5.90. The van der Waals surface area contributed by atoms with Gasteiger partial charge in [0, 0.05) is 17.4 Å². The highest BCUT2D eigenvalue weighted by Gasteiger charge is 2.08. The summed E-state index contributed by atoms with van der Waals surface area (Å²) in [5.41, 5.74) is 8.42. The van der Waals surface area contributed by atoms with E-state index in [1.54, 1.807) is 16.7 Å². The maximum atomic E-state index is 12.9. The number of halogens is 1. The number of benzene rings is 2. The largest absolute Gasteiger partial charge is 0.369 e. The molecule has 0 radical (unpaired) electrons. The number of nitrogens with two attached hydrogens (primary N) is 1. The van der Waals surface area contributed by atoms with Crippen molar-refractivity contribution in [2.75, 3.05) is 5.73 Å².